The number of nitrogens with one attached hydrogen (secondary N) is 1. The van der Waals surface area contributed by atoms with E-state index in [1.165, 1.54) is 5.56 Å². The Balaban J connectivity index is 1.56. The highest BCUT2D eigenvalue weighted by Gasteiger charge is 2.13. The van der Waals surface area contributed by atoms with Crippen LogP contribution in [-0.2, 0) is 6.54 Å². The van der Waals surface area contributed by atoms with Crippen LogP contribution in [0.1, 0.15) is 22.8 Å². The number of amides is 1. The fraction of sp³-hybridized carbons (Fsp3) is 0.125. The lowest BCUT2D eigenvalue weighted by Crippen LogP contribution is -2.23. The Morgan fingerprint density at radius 2 is 1.76 bits per heavy atom. The molecule has 0 aliphatic rings. The molecule has 4 rings (SSSR count). The molecule has 1 amide bonds. The molecular formula is C24H22N4O. The Hall–Kier alpha value is -3.73. The van der Waals surface area contributed by atoms with Crippen molar-refractivity contribution >= 4 is 28.3 Å². The molecular weight excluding hydrogens is 360 g/mol. The molecule has 0 atom stereocenters. The van der Waals surface area contributed by atoms with Gasteiger partial charge in [0.15, 0.2) is 0 Å². The molecule has 0 fully saturated rings. The number of para-hydroxylation sites is 1. The van der Waals surface area contributed by atoms with Gasteiger partial charge in [0.05, 0.1) is 11.2 Å². The first-order valence-electron chi connectivity index (χ1n) is 9.64. The minimum atomic E-state index is -0.178. The van der Waals surface area contributed by atoms with Gasteiger partial charge in [0.1, 0.15) is 5.82 Å². The number of fused-ring (bicyclic) bond motifs is 1. The number of hydrogen-bond donors (Lipinski definition) is 1. The van der Waals surface area contributed by atoms with Gasteiger partial charge in [-0.05, 0) is 36.8 Å². The molecule has 5 heteroatoms. The molecule has 29 heavy (non-hydrogen) atoms. The maximum Gasteiger partial charge on any atom is 0.255 e. The Kier molecular flexibility index (Phi) is 5.47. The van der Waals surface area contributed by atoms with Crippen LogP contribution >= 0.6 is 0 Å². The lowest BCUT2D eigenvalue weighted by molar-refractivity contribution is 0.102. The SMILES string of the molecule is CCN(Cc1ccccc1)c1cc(C(=O)Nc2cccc3cccnc23)ccn1. The number of hydrogen-bond acceptors (Lipinski definition) is 4. The number of anilines is 2. The van der Waals surface area contributed by atoms with Crippen molar-refractivity contribution in [1.82, 2.24) is 9.97 Å². The third kappa shape index (κ3) is 4.24. The molecule has 2 aromatic carbocycles. The first-order valence-corrected chi connectivity index (χ1v) is 9.64. The molecule has 144 valence electrons. The molecule has 0 spiro atoms. The zero-order chi connectivity index (χ0) is 20.1. The maximum absolute atomic E-state index is 12.9. The normalized spacial score (nSPS) is 10.7. The van der Waals surface area contributed by atoms with Gasteiger partial charge in [0, 0.05) is 36.4 Å². The minimum absolute atomic E-state index is 0.178. The van der Waals surface area contributed by atoms with Crippen molar-refractivity contribution in [3.63, 3.8) is 0 Å². The summed E-state index contributed by atoms with van der Waals surface area (Å²) in [6.07, 6.45) is 3.41. The molecule has 0 bridgehead atoms. The maximum atomic E-state index is 12.9. The summed E-state index contributed by atoms with van der Waals surface area (Å²) in [7, 11) is 0. The van der Waals surface area contributed by atoms with Crippen molar-refractivity contribution in [3.8, 4) is 0 Å². The van der Waals surface area contributed by atoms with E-state index in [0.717, 1.165) is 29.8 Å². The monoisotopic (exact) mass is 382 g/mol. The van der Waals surface area contributed by atoms with Crippen molar-refractivity contribution < 1.29 is 4.79 Å². The first-order chi connectivity index (χ1) is 14.2. The van der Waals surface area contributed by atoms with Gasteiger partial charge in [-0.3, -0.25) is 9.78 Å². The topological polar surface area (TPSA) is 58.1 Å². The zero-order valence-corrected chi connectivity index (χ0v) is 16.2. The molecule has 2 heterocycles. The summed E-state index contributed by atoms with van der Waals surface area (Å²) in [4.78, 5) is 23.9. The van der Waals surface area contributed by atoms with Gasteiger partial charge in [0.25, 0.3) is 5.91 Å². The van der Waals surface area contributed by atoms with E-state index in [1.807, 2.05) is 54.6 Å². The Morgan fingerprint density at radius 1 is 0.931 bits per heavy atom. The van der Waals surface area contributed by atoms with Crippen molar-refractivity contribution in [2.45, 2.75) is 13.5 Å². The summed E-state index contributed by atoms with van der Waals surface area (Å²) in [5.74, 6) is 0.600. The second-order valence-electron chi connectivity index (χ2n) is 6.74. The number of aromatic nitrogens is 2. The Morgan fingerprint density at radius 3 is 2.59 bits per heavy atom. The van der Waals surface area contributed by atoms with Crippen LogP contribution in [0, 0.1) is 0 Å². The van der Waals surface area contributed by atoms with Gasteiger partial charge >= 0.3 is 0 Å². The molecule has 0 aliphatic carbocycles. The number of benzene rings is 2. The molecule has 0 radical (unpaired) electrons. The average Bonchev–Trinajstić information content (AvgIpc) is 2.78. The summed E-state index contributed by atoms with van der Waals surface area (Å²) < 4.78 is 0. The molecule has 0 saturated carbocycles. The second kappa shape index (κ2) is 8.52. The second-order valence-corrected chi connectivity index (χ2v) is 6.74. The highest BCUT2D eigenvalue weighted by atomic mass is 16.1. The smallest absolute Gasteiger partial charge is 0.255 e. The summed E-state index contributed by atoms with van der Waals surface area (Å²) in [5, 5.41) is 3.97. The van der Waals surface area contributed by atoms with E-state index in [2.05, 4.69) is 39.2 Å². The standard InChI is InChI=1S/C24H22N4O/c1-2-28(17-18-8-4-3-5-9-18)22-16-20(13-15-25-22)24(29)27-21-12-6-10-19-11-7-14-26-23(19)21/h3-16H,2,17H2,1H3,(H,27,29). The predicted octanol–water partition coefficient (Wildman–Crippen LogP) is 4.91. The van der Waals surface area contributed by atoms with Crippen molar-refractivity contribution in [2.75, 3.05) is 16.8 Å². The molecule has 1 N–H and O–H groups in total. The van der Waals surface area contributed by atoms with E-state index in [9.17, 15) is 4.79 Å². The van der Waals surface area contributed by atoms with Crippen LogP contribution in [0.4, 0.5) is 11.5 Å². The van der Waals surface area contributed by atoms with Gasteiger partial charge in [0.2, 0.25) is 0 Å². The Labute approximate surface area is 170 Å². The highest BCUT2D eigenvalue weighted by molar-refractivity contribution is 6.08. The minimum Gasteiger partial charge on any atom is -0.353 e. The largest absolute Gasteiger partial charge is 0.353 e. The first kappa shape index (κ1) is 18.6. The quantitative estimate of drug-likeness (QED) is 0.515. The van der Waals surface area contributed by atoms with E-state index in [1.54, 1.807) is 18.5 Å². The van der Waals surface area contributed by atoms with Crippen LogP contribution in [0.2, 0.25) is 0 Å². The third-order valence-electron chi connectivity index (χ3n) is 4.81. The average molecular weight is 382 g/mol. The molecule has 4 aromatic rings. The molecule has 0 saturated heterocycles. The fourth-order valence-corrected chi connectivity index (χ4v) is 3.29. The van der Waals surface area contributed by atoms with Gasteiger partial charge < -0.3 is 10.2 Å². The van der Waals surface area contributed by atoms with Crippen molar-refractivity contribution in [3.05, 3.63) is 96.3 Å². The van der Waals surface area contributed by atoms with E-state index < -0.39 is 0 Å². The van der Waals surface area contributed by atoms with Crippen LogP contribution < -0.4 is 10.2 Å². The predicted molar refractivity (Wildman–Crippen MR) is 117 cm³/mol. The lowest BCUT2D eigenvalue weighted by atomic mass is 10.1. The van der Waals surface area contributed by atoms with Gasteiger partial charge in [-0.15, -0.1) is 0 Å². The van der Waals surface area contributed by atoms with Gasteiger partial charge in [-0.1, -0.05) is 48.5 Å². The van der Waals surface area contributed by atoms with Crippen LogP contribution in [0.25, 0.3) is 10.9 Å². The molecule has 0 aliphatic heterocycles. The molecule has 0 unspecified atom stereocenters. The number of carbonyl (C=O) groups excluding carboxylic acids is 1. The fourth-order valence-electron chi connectivity index (χ4n) is 3.29. The lowest BCUT2D eigenvalue weighted by Gasteiger charge is -2.22. The molecule has 2 aromatic heterocycles. The van der Waals surface area contributed by atoms with Crippen LogP contribution in [-0.4, -0.2) is 22.4 Å². The Bertz CT molecular complexity index is 1120. The van der Waals surface area contributed by atoms with Crippen molar-refractivity contribution in [1.29, 1.82) is 0 Å². The van der Waals surface area contributed by atoms with E-state index in [-0.39, 0.29) is 5.91 Å². The van der Waals surface area contributed by atoms with Gasteiger partial charge in [-0.25, -0.2) is 4.98 Å². The number of nitrogens with zero attached hydrogens (tertiary/aromatic N) is 3. The summed E-state index contributed by atoms with van der Waals surface area (Å²) in [5.41, 5.74) is 3.24. The van der Waals surface area contributed by atoms with Gasteiger partial charge in [-0.2, -0.15) is 0 Å². The molecule has 5 nitrogen and oxygen atoms in total. The van der Waals surface area contributed by atoms with Crippen LogP contribution in [0.3, 0.4) is 0 Å². The highest BCUT2D eigenvalue weighted by Crippen LogP contribution is 2.22. The number of carbonyl (C=O) groups is 1. The van der Waals surface area contributed by atoms with E-state index in [4.69, 9.17) is 0 Å². The van der Waals surface area contributed by atoms with Crippen molar-refractivity contribution in [2.24, 2.45) is 0 Å². The summed E-state index contributed by atoms with van der Waals surface area (Å²) >= 11 is 0. The van der Waals surface area contributed by atoms with E-state index >= 15 is 0 Å². The van der Waals surface area contributed by atoms with Crippen LogP contribution in [0.15, 0.2) is 85.2 Å². The van der Waals surface area contributed by atoms with Crippen LogP contribution in [0.5, 0.6) is 0 Å². The number of pyridine rings is 2. The van der Waals surface area contributed by atoms with E-state index in [0.29, 0.717) is 11.3 Å². The number of rotatable bonds is 6. The zero-order valence-electron chi connectivity index (χ0n) is 16.2. The summed E-state index contributed by atoms with van der Waals surface area (Å²) in [6, 6.07) is 23.4. The third-order valence-corrected chi connectivity index (χ3v) is 4.81. The summed E-state index contributed by atoms with van der Waals surface area (Å²) in [6.45, 7) is 3.61.